The summed E-state index contributed by atoms with van der Waals surface area (Å²) in [6, 6.07) is 9.69. The highest BCUT2D eigenvalue weighted by atomic mass is 79.9. The van der Waals surface area contributed by atoms with Crippen LogP contribution in [0.3, 0.4) is 0 Å². The first-order valence-corrected chi connectivity index (χ1v) is 6.14. The number of aromatic nitrogens is 3. The molecule has 3 aromatic rings. The predicted molar refractivity (Wildman–Crippen MR) is 73.3 cm³/mol. The minimum absolute atomic E-state index is 0.239. The number of hydrogen-bond acceptors (Lipinski definition) is 3. The maximum Gasteiger partial charge on any atom is 0.281 e. The van der Waals surface area contributed by atoms with E-state index in [-0.39, 0.29) is 10.2 Å². The number of rotatable bonds is 1. The number of nitrogens with zero attached hydrogens (tertiary/aromatic N) is 2. The van der Waals surface area contributed by atoms with Crippen LogP contribution in [0.1, 0.15) is 0 Å². The number of halogens is 1. The third-order valence-corrected chi connectivity index (χ3v) is 3.21. The van der Waals surface area contributed by atoms with Gasteiger partial charge in [-0.1, -0.05) is 18.2 Å². The molecule has 0 aliphatic heterocycles. The fourth-order valence-electron chi connectivity index (χ4n) is 1.85. The van der Waals surface area contributed by atoms with Crippen molar-refractivity contribution in [2.24, 2.45) is 0 Å². The Morgan fingerprint density at radius 3 is 2.89 bits per heavy atom. The number of fused-ring (bicyclic) bond motifs is 1. The van der Waals surface area contributed by atoms with Crippen LogP contribution in [0.25, 0.3) is 22.2 Å². The Bertz CT molecular complexity index is 777. The second-order valence-corrected chi connectivity index (χ2v) is 4.53. The van der Waals surface area contributed by atoms with Crippen molar-refractivity contribution in [3.8, 4) is 11.3 Å². The van der Waals surface area contributed by atoms with Crippen molar-refractivity contribution in [1.29, 1.82) is 0 Å². The molecule has 5 heteroatoms. The smallest absolute Gasteiger partial charge is 0.281 e. The standard InChI is InChI=1S/C13H8BrN3O/c14-12-13(18)16-7-11(17-12)9-3-1-5-10-8(9)4-2-6-15-10/h1-7H,(H,16,18). The molecule has 0 saturated carbocycles. The molecule has 88 valence electrons. The summed E-state index contributed by atoms with van der Waals surface area (Å²) in [4.78, 5) is 22.5. The molecule has 0 saturated heterocycles. The maximum absolute atomic E-state index is 11.3. The lowest BCUT2D eigenvalue weighted by molar-refractivity contribution is 1.11. The van der Waals surface area contributed by atoms with E-state index in [0.717, 1.165) is 16.5 Å². The fourth-order valence-corrected chi connectivity index (χ4v) is 2.15. The molecule has 0 fully saturated rings. The van der Waals surface area contributed by atoms with E-state index in [2.05, 4.69) is 30.9 Å². The number of benzene rings is 1. The molecule has 0 aliphatic rings. The van der Waals surface area contributed by atoms with Crippen LogP contribution in [0.5, 0.6) is 0 Å². The van der Waals surface area contributed by atoms with Crippen molar-refractivity contribution in [2.75, 3.05) is 0 Å². The van der Waals surface area contributed by atoms with E-state index in [0.29, 0.717) is 5.69 Å². The summed E-state index contributed by atoms with van der Waals surface area (Å²) in [5, 5.41) is 1.01. The summed E-state index contributed by atoms with van der Waals surface area (Å²) in [5.41, 5.74) is 2.31. The molecule has 18 heavy (non-hydrogen) atoms. The summed E-state index contributed by atoms with van der Waals surface area (Å²) in [6.07, 6.45) is 3.36. The average molecular weight is 302 g/mol. The molecule has 0 unspecified atom stereocenters. The van der Waals surface area contributed by atoms with E-state index in [4.69, 9.17) is 0 Å². The van der Waals surface area contributed by atoms with Gasteiger partial charge in [0.25, 0.3) is 5.56 Å². The van der Waals surface area contributed by atoms with E-state index in [1.165, 1.54) is 0 Å². The maximum atomic E-state index is 11.3. The minimum Gasteiger partial charge on any atom is -0.325 e. The van der Waals surface area contributed by atoms with Crippen LogP contribution in [-0.2, 0) is 0 Å². The number of nitrogens with one attached hydrogen (secondary N) is 1. The molecule has 2 aromatic heterocycles. The van der Waals surface area contributed by atoms with Gasteiger partial charge >= 0.3 is 0 Å². The van der Waals surface area contributed by atoms with Gasteiger partial charge < -0.3 is 4.98 Å². The van der Waals surface area contributed by atoms with Crippen molar-refractivity contribution in [2.45, 2.75) is 0 Å². The number of H-pyrrole nitrogens is 1. The Morgan fingerprint density at radius 2 is 2.06 bits per heavy atom. The van der Waals surface area contributed by atoms with Gasteiger partial charge in [0.1, 0.15) is 0 Å². The van der Waals surface area contributed by atoms with Gasteiger partial charge in [-0.15, -0.1) is 0 Å². The Kier molecular flexibility index (Phi) is 2.68. The molecular formula is C13H8BrN3O. The number of pyridine rings is 1. The van der Waals surface area contributed by atoms with Gasteiger partial charge in [-0.2, -0.15) is 0 Å². The van der Waals surface area contributed by atoms with Crippen LogP contribution in [-0.4, -0.2) is 15.0 Å². The zero-order valence-corrected chi connectivity index (χ0v) is 10.8. The third-order valence-electron chi connectivity index (χ3n) is 2.67. The minimum atomic E-state index is -0.239. The molecule has 0 atom stereocenters. The van der Waals surface area contributed by atoms with Crippen molar-refractivity contribution in [1.82, 2.24) is 15.0 Å². The van der Waals surface area contributed by atoms with Gasteiger partial charge in [0.15, 0.2) is 4.60 Å². The van der Waals surface area contributed by atoms with Crippen LogP contribution in [0.15, 0.2) is 52.1 Å². The average Bonchev–Trinajstić information content (AvgIpc) is 2.41. The van der Waals surface area contributed by atoms with E-state index in [1.807, 2.05) is 30.3 Å². The van der Waals surface area contributed by atoms with Gasteiger partial charge in [-0.3, -0.25) is 9.78 Å². The molecule has 0 amide bonds. The third kappa shape index (κ3) is 1.82. The highest BCUT2D eigenvalue weighted by Crippen LogP contribution is 2.25. The first-order valence-electron chi connectivity index (χ1n) is 5.35. The summed E-state index contributed by atoms with van der Waals surface area (Å²) in [5.74, 6) is 0. The van der Waals surface area contributed by atoms with E-state index < -0.39 is 0 Å². The molecule has 3 rings (SSSR count). The van der Waals surface area contributed by atoms with Crippen LogP contribution >= 0.6 is 15.9 Å². The summed E-state index contributed by atoms with van der Waals surface area (Å²) >= 11 is 3.14. The number of hydrogen-bond donors (Lipinski definition) is 1. The van der Waals surface area contributed by atoms with Gasteiger partial charge in [0, 0.05) is 23.3 Å². The van der Waals surface area contributed by atoms with Crippen LogP contribution < -0.4 is 5.56 Å². The molecule has 0 spiro atoms. The van der Waals surface area contributed by atoms with Crippen LogP contribution in [0.2, 0.25) is 0 Å². The normalized spacial score (nSPS) is 10.7. The summed E-state index contributed by atoms with van der Waals surface area (Å²) in [7, 11) is 0. The molecule has 4 nitrogen and oxygen atoms in total. The van der Waals surface area contributed by atoms with E-state index >= 15 is 0 Å². The largest absolute Gasteiger partial charge is 0.325 e. The van der Waals surface area contributed by atoms with Crippen molar-refractivity contribution in [3.05, 3.63) is 57.7 Å². The zero-order chi connectivity index (χ0) is 12.5. The number of aromatic amines is 1. The molecule has 0 bridgehead atoms. The lowest BCUT2D eigenvalue weighted by atomic mass is 10.1. The summed E-state index contributed by atoms with van der Waals surface area (Å²) < 4.78 is 0.279. The van der Waals surface area contributed by atoms with Gasteiger partial charge in [-0.25, -0.2) is 4.98 Å². The highest BCUT2D eigenvalue weighted by molar-refractivity contribution is 9.10. The Balaban J connectivity index is 2.31. The lowest BCUT2D eigenvalue weighted by Crippen LogP contribution is -2.08. The van der Waals surface area contributed by atoms with Crippen LogP contribution in [0.4, 0.5) is 0 Å². The van der Waals surface area contributed by atoms with E-state index in [9.17, 15) is 4.79 Å². The lowest BCUT2D eigenvalue weighted by Gasteiger charge is -2.05. The molecule has 1 N–H and O–H groups in total. The second-order valence-electron chi connectivity index (χ2n) is 3.78. The Morgan fingerprint density at radius 1 is 1.17 bits per heavy atom. The predicted octanol–water partition coefficient (Wildman–Crippen LogP) is 2.75. The monoisotopic (exact) mass is 301 g/mol. The van der Waals surface area contributed by atoms with Crippen LogP contribution in [0, 0.1) is 0 Å². The Labute approximate surface area is 111 Å². The quantitative estimate of drug-likeness (QED) is 0.752. The Hall–Kier alpha value is -2.01. The zero-order valence-electron chi connectivity index (χ0n) is 9.22. The van der Waals surface area contributed by atoms with Crippen molar-refractivity contribution >= 4 is 26.8 Å². The second kappa shape index (κ2) is 4.34. The molecule has 0 radical (unpaired) electrons. The summed E-state index contributed by atoms with van der Waals surface area (Å²) in [6.45, 7) is 0. The molecule has 1 aromatic carbocycles. The topological polar surface area (TPSA) is 58.6 Å². The van der Waals surface area contributed by atoms with Crippen molar-refractivity contribution < 1.29 is 0 Å². The first kappa shape index (κ1) is 11.1. The fraction of sp³-hybridized carbons (Fsp3) is 0. The molecule has 2 heterocycles. The van der Waals surface area contributed by atoms with E-state index in [1.54, 1.807) is 12.4 Å². The molecule has 0 aliphatic carbocycles. The van der Waals surface area contributed by atoms with Gasteiger partial charge in [0.2, 0.25) is 0 Å². The van der Waals surface area contributed by atoms with Gasteiger partial charge in [-0.05, 0) is 28.1 Å². The molecular weight excluding hydrogens is 294 g/mol. The highest BCUT2D eigenvalue weighted by Gasteiger charge is 2.07. The van der Waals surface area contributed by atoms with Gasteiger partial charge in [0.05, 0.1) is 11.2 Å². The first-order chi connectivity index (χ1) is 8.75. The van der Waals surface area contributed by atoms with Crippen molar-refractivity contribution in [3.63, 3.8) is 0 Å². The SMILES string of the molecule is O=c1[nH]cc(-c2cccc3ncccc23)nc1Br.